The van der Waals surface area contributed by atoms with Crippen LogP contribution in [0.2, 0.25) is 5.02 Å². The Kier molecular flexibility index (Phi) is 5.44. The van der Waals surface area contributed by atoms with E-state index in [9.17, 15) is 13.2 Å². The Morgan fingerprint density at radius 3 is 2.66 bits per heavy atom. The van der Waals surface area contributed by atoms with E-state index in [4.69, 9.17) is 11.6 Å². The molecule has 7 heteroatoms. The molecule has 2 aliphatic rings. The number of nitrogens with one attached hydrogen (secondary N) is 1. The van der Waals surface area contributed by atoms with Gasteiger partial charge in [0, 0.05) is 35.6 Å². The number of rotatable bonds is 5. The Morgan fingerprint density at radius 1 is 1.17 bits per heavy atom. The van der Waals surface area contributed by atoms with Crippen molar-refractivity contribution in [2.24, 2.45) is 5.92 Å². The molecule has 2 fully saturated rings. The molecule has 1 aliphatic heterocycles. The first-order valence-electron chi connectivity index (χ1n) is 9.84. The average molecular weight is 433 g/mol. The van der Waals surface area contributed by atoms with Crippen molar-refractivity contribution >= 4 is 27.5 Å². The van der Waals surface area contributed by atoms with E-state index in [1.54, 1.807) is 4.90 Å². The van der Waals surface area contributed by atoms with Gasteiger partial charge in [-0.2, -0.15) is 0 Å². The van der Waals surface area contributed by atoms with Crippen molar-refractivity contribution in [3.63, 3.8) is 0 Å². The van der Waals surface area contributed by atoms with E-state index in [0.29, 0.717) is 24.5 Å². The summed E-state index contributed by atoms with van der Waals surface area (Å²) in [5, 5.41) is 0.706. The standard InChI is InChI=1S/C22H25ClN2O3S/c1-14-7-8-16(18(11-14)17-5-3-4-6-21(17)23)19-12-20(19)22(26)25-10-9-15(13-25)24-29(2,27)28/h3-8,11,15,19-20,24H,9-10,12-13H2,1-2H3/t15-,19+,20-/m1/s1. The highest BCUT2D eigenvalue weighted by molar-refractivity contribution is 7.88. The van der Waals surface area contributed by atoms with E-state index in [2.05, 4.69) is 29.8 Å². The number of nitrogens with zero attached hydrogens (tertiary/aromatic N) is 1. The Labute approximate surface area is 177 Å². The zero-order chi connectivity index (χ0) is 20.8. The molecule has 29 heavy (non-hydrogen) atoms. The number of carbonyl (C=O) groups excluding carboxylic acids is 1. The summed E-state index contributed by atoms with van der Waals surface area (Å²) in [4.78, 5) is 14.8. The maximum atomic E-state index is 13.0. The van der Waals surface area contributed by atoms with E-state index < -0.39 is 10.0 Å². The van der Waals surface area contributed by atoms with Gasteiger partial charge in [0.1, 0.15) is 0 Å². The van der Waals surface area contributed by atoms with Gasteiger partial charge in [0.25, 0.3) is 0 Å². The summed E-state index contributed by atoms with van der Waals surface area (Å²) in [7, 11) is -3.26. The minimum absolute atomic E-state index is 0.0454. The maximum Gasteiger partial charge on any atom is 0.226 e. The predicted molar refractivity (Wildman–Crippen MR) is 115 cm³/mol. The van der Waals surface area contributed by atoms with Crippen molar-refractivity contribution in [3.8, 4) is 11.1 Å². The topological polar surface area (TPSA) is 66.5 Å². The normalized spacial score (nSPS) is 24.0. The van der Waals surface area contributed by atoms with Crippen LogP contribution in [0.4, 0.5) is 0 Å². The molecule has 1 saturated heterocycles. The Hall–Kier alpha value is -1.89. The summed E-state index contributed by atoms with van der Waals surface area (Å²) in [6.07, 6.45) is 2.63. The summed E-state index contributed by atoms with van der Waals surface area (Å²) in [6.45, 7) is 3.10. The lowest BCUT2D eigenvalue weighted by Gasteiger charge is -2.17. The molecule has 1 amide bonds. The number of hydrogen-bond donors (Lipinski definition) is 1. The number of likely N-dealkylation sites (tertiary alicyclic amines) is 1. The molecule has 0 spiro atoms. The third-order valence-corrected chi connectivity index (χ3v) is 6.85. The summed E-state index contributed by atoms with van der Waals surface area (Å²) in [5.74, 6) is 0.255. The van der Waals surface area contributed by atoms with Gasteiger partial charge in [0.2, 0.25) is 15.9 Å². The molecule has 3 atom stereocenters. The van der Waals surface area contributed by atoms with Crippen LogP contribution in [-0.4, -0.2) is 44.6 Å². The minimum atomic E-state index is -3.26. The summed E-state index contributed by atoms with van der Waals surface area (Å²) in [6, 6.07) is 13.9. The maximum absolute atomic E-state index is 13.0. The molecule has 5 nitrogen and oxygen atoms in total. The van der Waals surface area contributed by atoms with Crippen molar-refractivity contribution < 1.29 is 13.2 Å². The number of carbonyl (C=O) groups is 1. The van der Waals surface area contributed by atoms with E-state index in [-0.39, 0.29) is 23.8 Å². The van der Waals surface area contributed by atoms with Gasteiger partial charge >= 0.3 is 0 Å². The monoisotopic (exact) mass is 432 g/mol. The molecule has 1 N–H and O–H groups in total. The minimum Gasteiger partial charge on any atom is -0.341 e. The first kappa shape index (κ1) is 20.4. The molecule has 0 aromatic heterocycles. The number of aryl methyl sites for hydroxylation is 1. The molecular weight excluding hydrogens is 408 g/mol. The van der Waals surface area contributed by atoms with Crippen molar-refractivity contribution in [2.45, 2.75) is 31.7 Å². The molecular formula is C22H25ClN2O3S. The highest BCUT2D eigenvalue weighted by Gasteiger charge is 2.47. The molecule has 0 radical (unpaired) electrons. The van der Waals surface area contributed by atoms with Crippen LogP contribution in [0.5, 0.6) is 0 Å². The van der Waals surface area contributed by atoms with E-state index >= 15 is 0 Å². The highest BCUT2D eigenvalue weighted by atomic mass is 35.5. The second-order valence-corrected chi connectivity index (χ2v) is 10.4. The fourth-order valence-electron chi connectivity index (χ4n) is 4.31. The van der Waals surface area contributed by atoms with Crippen LogP contribution < -0.4 is 4.72 Å². The third kappa shape index (κ3) is 4.49. The summed E-state index contributed by atoms with van der Waals surface area (Å²) in [5.41, 5.74) is 4.40. The van der Waals surface area contributed by atoms with Crippen LogP contribution in [0.1, 0.15) is 29.9 Å². The van der Waals surface area contributed by atoms with Crippen molar-refractivity contribution in [1.82, 2.24) is 9.62 Å². The van der Waals surface area contributed by atoms with Crippen molar-refractivity contribution in [3.05, 3.63) is 58.6 Å². The fourth-order valence-corrected chi connectivity index (χ4v) is 5.35. The smallest absolute Gasteiger partial charge is 0.226 e. The van der Waals surface area contributed by atoms with Gasteiger partial charge in [-0.05, 0) is 42.9 Å². The van der Waals surface area contributed by atoms with Gasteiger partial charge in [-0.15, -0.1) is 0 Å². The van der Waals surface area contributed by atoms with Crippen LogP contribution in [0.15, 0.2) is 42.5 Å². The Morgan fingerprint density at radius 2 is 1.93 bits per heavy atom. The number of sulfonamides is 1. The Balaban J connectivity index is 1.51. The lowest BCUT2D eigenvalue weighted by molar-refractivity contribution is -0.131. The van der Waals surface area contributed by atoms with Gasteiger partial charge in [0.05, 0.1) is 6.26 Å². The SMILES string of the molecule is Cc1ccc([C@@H]2C[C@H]2C(=O)N2CC[C@@H](NS(C)(=O)=O)C2)c(-c2ccccc2Cl)c1. The second kappa shape index (κ2) is 7.74. The lowest BCUT2D eigenvalue weighted by atomic mass is 9.94. The molecule has 1 aliphatic carbocycles. The van der Waals surface area contributed by atoms with Crippen LogP contribution in [0.3, 0.4) is 0 Å². The van der Waals surface area contributed by atoms with Gasteiger partial charge in [-0.1, -0.05) is 53.6 Å². The van der Waals surface area contributed by atoms with Crippen LogP contribution in [0.25, 0.3) is 11.1 Å². The predicted octanol–water partition coefficient (Wildman–Crippen LogP) is 3.57. The molecule has 2 aromatic carbocycles. The van der Waals surface area contributed by atoms with E-state index in [1.165, 1.54) is 0 Å². The van der Waals surface area contributed by atoms with Gasteiger partial charge < -0.3 is 4.90 Å². The molecule has 2 aromatic rings. The largest absolute Gasteiger partial charge is 0.341 e. The molecule has 4 rings (SSSR count). The molecule has 154 valence electrons. The average Bonchev–Trinajstić information content (AvgIpc) is 3.31. The number of halogens is 1. The Bertz CT molecular complexity index is 1050. The first-order valence-corrected chi connectivity index (χ1v) is 12.1. The van der Waals surface area contributed by atoms with E-state index in [0.717, 1.165) is 34.9 Å². The second-order valence-electron chi connectivity index (χ2n) is 8.18. The summed E-state index contributed by atoms with van der Waals surface area (Å²) < 4.78 is 25.5. The molecule has 0 bridgehead atoms. The first-order chi connectivity index (χ1) is 13.7. The fraction of sp³-hybridized carbons (Fsp3) is 0.409. The van der Waals surface area contributed by atoms with Gasteiger partial charge in [-0.25, -0.2) is 13.1 Å². The zero-order valence-electron chi connectivity index (χ0n) is 16.6. The van der Waals surface area contributed by atoms with Crippen LogP contribution in [-0.2, 0) is 14.8 Å². The molecule has 1 heterocycles. The van der Waals surface area contributed by atoms with Crippen LogP contribution in [0, 0.1) is 12.8 Å². The number of hydrogen-bond acceptors (Lipinski definition) is 3. The van der Waals surface area contributed by atoms with Crippen molar-refractivity contribution in [1.29, 1.82) is 0 Å². The quantitative estimate of drug-likeness (QED) is 0.785. The lowest BCUT2D eigenvalue weighted by Crippen LogP contribution is -2.38. The zero-order valence-corrected chi connectivity index (χ0v) is 18.1. The number of benzene rings is 2. The van der Waals surface area contributed by atoms with Gasteiger partial charge in [-0.3, -0.25) is 4.79 Å². The highest BCUT2D eigenvalue weighted by Crippen LogP contribution is 2.52. The van der Waals surface area contributed by atoms with E-state index in [1.807, 2.05) is 24.3 Å². The number of amides is 1. The third-order valence-electron chi connectivity index (χ3n) is 5.76. The molecule has 1 saturated carbocycles. The molecule has 0 unspecified atom stereocenters. The van der Waals surface area contributed by atoms with Crippen molar-refractivity contribution in [2.75, 3.05) is 19.3 Å². The van der Waals surface area contributed by atoms with Crippen LogP contribution >= 0.6 is 11.6 Å². The summed E-state index contributed by atoms with van der Waals surface area (Å²) >= 11 is 6.45. The van der Waals surface area contributed by atoms with Gasteiger partial charge in [0.15, 0.2) is 0 Å².